The van der Waals surface area contributed by atoms with E-state index in [9.17, 15) is 9.90 Å². The molecule has 0 saturated heterocycles. The van der Waals surface area contributed by atoms with E-state index in [1.165, 1.54) is 6.42 Å². The van der Waals surface area contributed by atoms with E-state index in [4.69, 9.17) is 0 Å². The zero-order chi connectivity index (χ0) is 14.6. The summed E-state index contributed by atoms with van der Waals surface area (Å²) in [6.07, 6.45) is 3.37. The molecule has 0 fully saturated rings. The predicted octanol–water partition coefficient (Wildman–Crippen LogP) is 3.05. The summed E-state index contributed by atoms with van der Waals surface area (Å²) >= 11 is 0. The van der Waals surface area contributed by atoms with Crippen molar-refractivity contribution in [3.05, 3.63) is 11.3 Å². The van der Waals surface area contributed by atoms with Crippen molar-refractivity contribution in [3.8, 4) is 0 Å². The third-order valence-electron chi connectivity index (χ3n) is 3.24. The van der Waals surface area contributed by atoms with E-state index in [2.05, 4.69) is 31.2 Å². The molecule has 0 radical (unpaired) electrons. The number of nitrogens with one attached hydrogen (secondary N) is 1. The minimum Gasteiger partial charge on any atom is -0.477 e. The van der Waals surface area contributed by atoms with Crippen LogP contribution in [-0.4, -0.2) is 26.9 Å². The molecule has 0 aromatic carbocycles. The number of carbonyl (C=O) groups is 1. The summed E-state index contributed by atoms with van der Waals surface area (Å²) in [5.74, 6) is 0.380. The van der Waals surface area contributed by atoms with Crippen molar-refractivity contribution in [2.24, 2.45) is 13.0 Å². The van der Waals surface area contributed by atoms with Crippen LogP contribution in [0.5, 0.6) is 0 Å². The molecule has 1 aromatic rings. The van der Waals surface area contributed by atoms with E-state index in [1.807, 2.05) is 0 Å². The molecule has 1 heterocycles. The second kappa shape index (κ2) is 6.59. The number of hydrogen-bond acceptors (Lipinski definition) is 3. The highest BCUT2D eigenvalue weighted by Gasteiger charge is 2.20. The number of carboxylic acids is 1. The summed E-state index contributed by atoms with van der Waals surface area (Å²) in [6.45, 7) is 8.22. The first-order valence-corrected chi connectivity index (χ1v) is 6.86. The maximum absolute atomic E-state index is 11.2. The molecule has 0 aliphatic heterocycles. The lowest BCUT2D eigenvalue weighted by Gasteiger charge is -2.16. The Morgan fingerprint density at radius 3 is 2.53 bits per heavy atom. The standard InChI is InChI=1S/C14H25N3O2/c1-9(2)7-6-8-10(3)15-13-12(14(18)19)11(4)16-17(13)5/h9-10,15H,6-8H2,1-5H3,(H,18,19). The monoisotopic (exact) mass is 267 g/mol. The Morgan fingerprint density at radius 2 is 2.00 bits per heavy atom. The minimum atomic E-state index is -0.928. The summed E-state index contributed by atoms with van der Waals surface area (Å²) < 4.78 is 1.61. The van der Waals surface area contributed by atoms with Gasteiger partial charge in [-0.15, -0.1) is 0 Å². The highest BCUT2D eigenvalue weighted by Crippen LogP contribution is 2.20. The Balaban J connectivity index is 2.68. The number of rotatable bonds is 7. The molecule has 2 N–H and O–H groups in total. The molecule has 0 amide bonds. The molecule has 108 valence electrons. The second-order valence-electron chi connectivity index (χ2n) is 5.61. The Bertz CT molecular complexity index is 438. The van der Waals surface area contributed by atoms with Crippen LogP contribution >= 0.6 is 0 Å². The molecule has 5 nitrogen and oxygen atoms in total. The average molecular weight is 267 g/mol. The normalized spacial score (nSPS) is 12.7. The lowest BCUT2D eigenvalue weighted by atomic mass is 10.0. The number of nitrogens with zero attached hydrogens (tertiary/aromatic N) is 2. The van der Waals surface area contributed by atoms with Crippen molar-refractivity contribution in [1.29, 1.82) is 0 Å². The van der Waals surface area contributed by atoms with Crippen molar-refractivity contribution < 1.29 is 9.90 Å². The maximum atomic E-state index is 11.2. The van der Waals surface area contributed by atoms with Gasteiger partial charge in [0.25, 0.3) is 0 Å². The highest BCUT2D eigenvalue weighted by atomic mass is 16.4. The van der Waals surface area contributed by atoms with Gasteiger partial charge in [0.1, 0.15) is 11.4 Å². The summed E-state index contributed by atoms with van der Waals surface area (Å²) in [5, 5.41) is 16.7. The van der Waals surface area contributed by atoms with E-state index in [0.29, 0.717) is 17.4 Å². The molecule has 19 heavy (non-hydrogen) atoms. The minimum absolute atomic E-state index is 0.242. The molecule has 0 spiro atoms. The van der Waals surface area contributed by atoms with Crippen LogP contribution in [0.25, 0.3) is 0 Å². The number of aryl methyl sites for hydroxylation is 2. The first-order valence-electron chi connectivity index (χ1n) is 6.86. The fraction of sp³-hybridized carbons (Fsp3) is 0.714. The Labute approximate surface area is 115 Å². The van der Waals surface area contributed by atoms with Crippen LogP contribution < -0.4 is 5.32 Å². The third-order valence-corrected chi connectivity index (χ3v) is 3.24. The quantitative estimate of drug-likeness (QED) is 0.796. The molecular formula is C14H25N3O2. The Morgan fingerprint density at radius 1 is 1.37 bits per heavy atom. The van der Waals surface area contributed by atoms with Crippen LogP contribution in [0.3, 0.4) is 0 Å². The van der Waals surface area contributed by atoms with Crippen molar-refractivity contribution in [3.63, 3.8) is 0 Å². The molecule has 1 atom stereocenters. The Hall–Kier alpha value is -1.52. The molecular weight excluding hydrogens is 242 g/mol. The lowest BCUT2D eigenvalue weighted by molar-refractivity contribution is 0.0697. The van der Waals surface area contributed by atoms with E-state index in [1.54, 1.807) is 18.7 Å². The summed E-state index contributed by atoms with van der Waals surface area (Å²) in [4.78, 5) is 11.2. The van der Waals surface area contributed by atoms with Gasteiger partial charge in [0.05, 0.1) is 5.69 Å². The van der Waals surface area contributed by atoms with Crippen molar-refractivity contribution in [2.75, 3.05) is 5.32 Å². The van der Waals surface area contributed by atoms with Gasteiger partial charge in [0, 0.05) is 13.1 Å². The molecule has 0 saturated carbocycles. The van der Waals surface area contributed by atoms with Crippen LogP contribution in [0, 0.1) is 12.8 Å². The molecule has 5 heteroatoms. The number of aromatic carboxylic acids is 1. The molecule has 0 aliphatic carbocycles. The first-order chi connectivity index (χ1) is 8.82. The number of hydrogen-bond donors (Lipinski definition) is 2. The molecule has 1 unspecified atom stereocenters. The number of anilines is 1. The predicted molar refractivity (Wildman–Crippen MR) is 76.7 cm³/mol. The van der Waals surface area contributed by atoms with E-state index >= 15 is 0 Å². The van der Waals surface area contributed by atoms with Gasteiger partial charge in [-0.1, -0.05) is 26.7 Å². The largest absolute Gasteiger partial charge is 0.477 e. The average Bonchev–Trinajstić information content (AvgIpc) is 2.53. The van der Waals surface area contributed by atoms with Crippen LogP contribution in [0.4, 0.5) is 5.82 Å². The molecule has 1 aromatic heterocycles. The van der Waals surface area contributed by atoms with Gasteiger partial charge in [-0.2, -0.15) is 5.10 Å². The van der Waals surface area contributed by atoms with Gasteiger partial charge in [0.15, 0.2) is 0 Å². The van der Waals surface area contributed by atoms with E-state index in [0.717, 1.165) is 12.8 Å². The van der Waals surface area contributed by atoms with Crippen molar-refractivity contribution in [2.45, 2.75) is 53.0 Å². The second-order valence-corrected chi connectivity index (χ2v) is 5.61. The SMILES string of the molecule is Cc1nn(C)c(NC(C)CCCC(C)C)c1C(=O)O. The van der Waals surface area contributed by atoms with Crippen LogP contribution in [0.2, 0.25) is 0 Å². The summed E-state index contributed by atoms with van der Waals surface area (Å²) in [5.41, 5.74) is 0.824. The van der Waals surface area contributed by atoms with Gasteiger partial charge < -0.3 is 10.4 Å². The van der Waals surface area contributed by atoms with E-state index < -0.39 is 5.97 Å². The smallest absolute Gasteiger partial charge is 0.341 e. The zero-order valence-electron chi connectivity index (χ0n) is 12.5. The van der Waals surface area contributed by atoms with Crippen LogP contribution in [-0.2, 0) is 7.05 Å². The molecule has 0 aliphatic rings. The fourth-order valence-corrected chi connectivity index (χ4v) is 2.22. The third kappa shape index (κ3) is 4.26. The van der Waals surface area contributed by atoms with Gasteiger partial charge >= 0.3 is 5.97 Å². The Kier molecular flexibility index (Phi) is 5.39. The zero-order valence-corrected chi connectivity index (χ0v) is 12.5. The number of aromatic nitrogens is 2. The first kappa shape index (κ1) is 15.5. The van der Waals surface area contributed by atoms with Gasteiger partial charge in [-0.25, -0.2) is 4.79 Å². The number of carboxylic acid groups (broad SMARTS) is 1. The van der Waals surface area contributed by atoms with Crippen LogP contribution in [0.15, 0.2) is 0 Å². The van der Waals surface area contributed by atoms with Gasteiger partial charge in [-0.05, 0) is 26.2 Å². The topological polar surface area (TPSA) is 67.2 Å². The van der Waals surface area contributed by atoms with Gasteiger partial charge in [0.2, 0.25) is 0 Å². The summed E-state index contributed by atoms with van der Waals surface area (Å²) in [6, 6.07) is 0.242. The van der Waals surface area contributed by atoms with Crippen molar-refractivity contribution in [1.82, 2.24) is 9.78 Å². The highest BCUT2D eigenvalue weighted by molar-refractivity contribution is 5.94. The maximum Gasteiger partial charge on any atom is 0.341 e. The molecule has 1 rings (SSSR count). The van der Waals surface area contributed by atoms with E-state index in [-0.39, 0.29) is 11.6 Å². The fourth-order valence-electron chi connectivity index (χ4n) is 2.22. The summed E-state index contributed by atoms with van der Waals surface area (Å²) in [7, 11) is 1.77. The lowest BCUT2D eigenvalue weighted by Crippen LogP contribution is -2.19. The van der Waals surface area contributed by atoms with Crippen LogP contribution in [0.1, 0.15) is 56.1 Å². The van der Waals surface area contributed by atoms with Crippen molar-refractivity contribution >= 4 is 11.8 Å². The van der Waals surface area contributed by atoms with Gasteiger partial charge in [-0.3, -0.25) is 4.68 Å². The molecule has 0 bridgehead atoms.